The van der Waals surface area contributed by atoms with Crippen molar-refractivity contribution in [3.8, 4) is 0 Å². The van der Waals surface area contributed by atoms with Crippen LogP contribution in [0.2, 0.25) is 0 Å². The van der Waals surface area contributed by atoms with Crippen LogP contribution in [0.25, 0.3) is 0 Å². The highest BCUT2D eigenvalue weighted by Gasteiger charge is 2.41. The molecule has 4 heteroatoms. The van der Waals surface area contributed by atoms with Crippen LogP contribution in [0, 0.1) is 5.41 Å². The molecule has 13 heavy (non-hydrogen) atoms. The summed E-state index contributed by atoms with van der Waals surface area (Å²) in [4.78, 5) is 22.3. The minimum atomic E-state index is -0.446. The normalized spacial score (nSPS) is 25.1. The summed E-state index contributed by atoms with van der Waals surface area (Å²) in [5.74, 6) is -0.435. The Morgan fingerprint density at radius 1 is 1.77 bits per heavy atom. The highest BCUT2D eigenvalue weighted by atomic mass is 16.2. The molecule has 0 aromatic rings. The van der Waals surface area contributed by atoms with Gasteiger partial charge in [-0.05, 0) is 6.08 Å². The molecule has 2 amide bonds. The molecule has 0 aliphatic carbocycles. The van der Waals surface area contributed by atoms with Gasteiger partial charge >= 0.3 is 0 Å². The predicted molar refractivity (Wildman–Crippen MR) is 48.9 cm³/mol. The third-order valence-electron chi connectivity index (χ3n) is 2.23. The molecule has 0 radical (unpaired) electrons. The molecule has 2 N–H and O–H groups in total. The Morgan fingerprint density at radius 2 is 2.38 bits per heavy atom. The SMILES string of the molecule is C=CC(=O)NC1C(=O)NCC1(C)C. The minimum absolute atomic E-state index is 0.125. The molecule has 0 spiro atoms. The van der Waals surface area contributed by atoms with E-state index in [-0.39, 0.29) is 17.2 Å². The lowest BCUT2D eigenvalue weighted by atomic mass is 9.87. The van der Waals surface area contributed by atoms with E-state index in [1.165, 1.54) is 6.08 Å². The zero-order valence-corrected chi connectivity index (χ0v) is 7.89. The van der Waals surface area contributed by atoms with Crippen LogP contribution in [-0.4, -0.2) is 24.4 Å². The third-order valence-corrected chi connectivity index (χ3v) is 2.23. The summed E-state index contributed by atoms with van der Waals surface area (Å²) in [7, 11) is 0. The molecule has 1 rings (SSSR count). The Labute approximate surface area is 77.4 Å². The van der Waals surface area contributed by atoms with Gasteiger partial charge < -0.3 is 10.6 Å². The number of rotatable bonds is 2. The molecule has 1 saturated heterocycles. The second-order valence-corrected chi connectivity index (χ2v) is 3.85. The van der Waals surface area contributed by atoms with Crippen molar-refractivity contribution >= 4 is 11.8 Å². The van der Waals surface area contributed by atoms with E-state index in [1.807, 2.05) is 13.8 Å². The Morgan fingerprint density at radius 3 is 2.77 bits per heavy atom. The van der Waals surface area contributed by atoms with Crippen molar-refractivity contribution in [2.75, 3.05) is 6.54 Å². The average Bonchev–Trinajstić information content (AvgIpc) is 2.31. The van der Waals surface area contributed by atoms with Gasteiger partial charge in [-0.3, -0.25) is 9.59 Å². The fourth-order valence-corrected chi connectivity index (χ4v) is 1.34. The van der Waals surface area contributed by atoms with Crippen LogP contribution >= 0.6 is 0 Å². The maximum atomic E-state index is 11.3. The van der Waals surface area contributed by atoms with Gasteiger partial charge in [-0.25, -0.2) is 0 Å². The molecule has 1 aliphatic heterocycles. The number of carbonyl (C=O) groups is 2. The van der Waals surface area contributed by atoms with E-state index >= 15 is 0 Å². The number of amides is 2. The van der Waals surface area contributed by atoms with Gasteiger partial charge in [-0.1, -0.05) is 20.4 Å². The standard InChI is InChI=1S/C9H14N2O2/c1-4-6(12)11-7-8(13)10-5-9(7,2)3/h4,7H,1,5H2,2-3H3,(H,10,13)(H,11,12). The summed E-state index contributed by atoms with van der Waals surface area (Å²) in [6, 6.07) is -0.446. The second-order valence-electron chi connectivity index (χ2n) is 3.85. The van der Waals surface area contributed by atoms with Gasteiger partial charge in [0.1, 0.15) is 6.04 Å². The summed E-state index contributed by atoms with van der Waals surface area (Å²) >= 11 is 0. The van der Waals surface area contributed by atoms with Crippen molar-refractivity contribution in [1.29, 1.82) is 0 Å². The molecule has 1 unspecified atom stereocenters. The van der Waals surface area contributed by atoms with Gasteiger partial charge in [0.15, 0.2) is 0 Å². The maximum Gasteiger partial charge on any atom is 0.244 e. The van der Waals surface area contributed by atoms with E-state index in [4.69, 9.17) is 0 Å². The Bertz CT molecular complexity index is 258. The van der Waals surface area contributed by atoms with E-state index in [0.717, 1.165) is 0 Å². The summed E-state index contributed by atoms with van der Waals surface area (Å²) in [6.07, 6.45) is 1.17. The molecule has 72 valence electrons. The average molecular weight is 182 g/mol. The van der Waals surface area contributed by atoms with Gasteiger partial charge in [0, 0.05) is 12.0 Å². The summed E-state index contributed by atoms with van der Waals surface area (Å²) in [5, 5.41) is 5.30. The first-order chi connectivity index (χ1) is 5.97. The molecule has 0 bridgehead atoms. The Kier molecular flexibility index (Phi) is 2.40. The first-order valence-electron chi connectivity index (χ1n) is 4.18. The van der Waals surface area contributed by atoms with Crippen molar-refractivity contribution in [3.63, 3.8) is 0 Å². The van der Waals surface area contributed by atoms with E-state index in [0.29, 0.717) is 6.54 Å². The smallest absolute Gasteiger partial charge is 0.244 e. The highest BCUT2D eigenvalue weighted by molar-refractivity contribution is 5.94. The molecule has 1 atom stereocenters. The van der Waals surface area contributed by atoms with E-state index in [9.17, 15) is 9.59 Å². The topological polar surface area (TPSA) is 58.2 Å². The van der Waals surface area contributed by atoms with Crippen LogP contribution in [0.1, 0.15) is 13.8 Å². The minimum Gasteiger partial charge on any atom is -0.354 e. The van der Waals surface area contributed by atoms with Crippen molar-refractivity contribution in [3.05, 3.63) is 12.7 Å². The van der Waals surface area contributed by atoms with Gasteiger partial charge in [-0.2, -0.15) is 0 Å². The van der Waals surface area contributed by atoms with Crippen molar-refractivity contribution in [1.82, 2.24) is 10.6 Å². The largest absolute Gasteiger partial charge is 0.354 e. The van der Waals surface area contributed by atoms with Gasteiger partial charge in [0.25, 0.3) is 0 Å². The quantitative estimate of drug-likeness (QED) is 0.582. The molecule has 0 saturated carbocycles. The fraction of sp³-hybridized carbons (Fsp3) is 0.556. The number of carbonyl (C=O) groups excluding carboxylic acids is 2. The molecular weight excluding hydrogens is 168 g/mol. The van der Waals surface area contributed by atoms with Gasteiger partial charge in [0.05, 0.1) is 0 Å². The molecule has 1 aliphatic rings. The van der Waals surface area contributed by atoms with E-state index in [1.54, 1.807) is 0 Å². The summed E-state index contributed by atoms with van der Waals surface area (Å²) in [5.41, 5.74) is -0.226. The Balaban J connectivity index is 2.71. The van der Waals surface area contributed by atoms with Crippen LogP contribution in [-0.2, 0) is 9.59 Å². The molecular formula is C9H14N2O2. The lowest BCUT2D eigenvalue weighted by molar-refractivity contribution is -0.126. The van der Waals surface area contributed by atoms with E-state index < -0.39 is 6.04 Å². The Hall–Kier alpha value is -1.32. The lowest BCUT2D eigenvalue weighted by Gasteiger charge is -2.23. The van der Waals surface area contributed by atoms with Crippen molar-refractivity contribution in [2.24, 2.45) is 5.41 Å². The van der Waals surface area contributed by atoms with Crippen molar-refractivity contribution in [2.45, 2.75) is 19.9 Å². The van der Waals surface area contributed by atoms with Crippen LogP contribution in [0.3, 0.4) is 0 Å². The van der Waals surface area contributed by atoms with Crippen molar-refractivity contribution < 1.29 is 9.59 Å². The second kappa shape index (κ2) is 3.20. The van der Waals surface area contributed by atoms with Gasteiger partial charge in [-0.15, -0.1) is 0 Å². The van der Waals surface area contributed by atoms with Crippen LogP contribution < -0.4 is 10.6 Å². The molecule has 0 aromatic carbocycles. The first-order valence-corrected chi connectivity index (χ1v) is 4.18. The molecule has 1 fully saturated rings. The number of hydrogen-bond donors (Lipinski definition) is 2. The molecule has 0 aromatic heterocycles. The highest BCUT2D eigenvalue weighted by Crippen LogP contribution is 2.24. The number of hydrogen-bond acceptors (Lipinski definition) is 2. The number of nitrogens with one attached hydrogen (secondary N) is 2. The van der Waals surface area contributed by atoms with Crippen LogP contribution in [0.5, 0.6) is 0 Å². The summed E-state index contributed by atoms with van der Waals surface area (Å²) < 4.78 is 0. The fourth-order valence-electron chi connectivity index (χ4n) is 1.34. The van der Waals surface area contributed by atoms with Crippen LogP contribution in [0.4, 0.5) is 0 Å². The zero-order chi connectivity index (χ0) is 10.1. The summed E-state index contributed by atoms with van der Waals surface area (Å²) in [6.45, 7) is 7.78. The van der Waals surface area contributed by atoms with Gasteiger partial charge in [0.2, 0.25) is 11.8 Å². The van der Waals surface area contributed by atoms with Crippen LogP contribution in [0.15, 0.2) is 12.7 Å². The third kappa shape index (κ3) is 1.88. The lowest BCUT2D eigenvalue weighted by Crippen LogP contribution is -2.46. The monoisotopic (exact) mass is 182 g/mol. The first kappa shape index (κ1) is 9.77. The molecule has 4 nitrogen and oxygen atoms in total. The van der Waals surface area contributed by atoms with E-state index in [2.05, 4.69) is 17.2 Å². The predicted octanol–water partition coefficient (Wildman–Crippen LogP) is -0.187. The zero-order valence-electron chi connectivity index (χ0n) is 7.89. The maximum absolute atomic E-state index is 11.3. The molecule has 1 heterocycles.